The van der Waals surface area contributed by atoms with Crippen LogP contribution in [0.3, 0.4) is 0 Å². The number of nitrogens with one attached hydrogen (secondary N) is 2. The zero-order chi connectivity index (χ0) is 30.2. The monoisotopic (exact) mass is 566 g/mol. The summed E-state index contributed by atoms with van der Waals surface area (Å²) in [6.07, 6.45) is 6.47. The van der Waals surface area contributed by atoms with Crippen molar-refractivity contribution in [3.05, 3.63) is 120 Å². The van der Waals surface area contributed by atoms with Crippen molar-refractivity contribution >= 4 is 23.6 Å². The highest BCUT2D eigenvalue weighted by atomic mass is 16.6. The Hall–Kier alpha value is -4.58. The molecule has 2 N–H and O–H groups in total. The van der Waals surface area contributed by atoms with Gasteiger partial charge in [0.05, 0.1) is 0 Å². The van der Waals surface area contributed by atoms with Gasteiger partial charge in [-0.3, -0.25) is 10.6 Å². The molecule has 5 rings (SSSR count). The maximum atomic E-state index is 11.6. The first kappa shape index (κ1) is 31.9. The zero-order valence-corrected chi connectivity index (χ0v) is 25.1. The number of hydrogen-bond acceptors (Lipinski definition) is 4. The topological polar surface area (TPSA) is 76.7 Å². The lowest BCUT2D eigenvalue weighted by Gasteiger charge is -2.15. The summed E-state index contributed by atoms with van der Waals surface area (Å²) >= 11 is 0. The first-order chi connectivity index (χ1) is 20.3. The van der Waals surface area contributed by atoms with Gasteiger partial charge in [-0.15, -0.1) is 0 Å². The number of hydrogen-bond donors (Lipinski definition) is 2. The highest BCUT2D eigenvalue weighted by molar-refractivity contribution is 5.86. The molecule has 1 fully saturated rings. The SMILES string of the molecule is CC1CCCCC1.Cc1ccc(NC(=O)Oc2cccc(C)c2)cc1.Cc1cccc(OC(=O)Nc2ccccc2)c1. The van der Waals surface area contributed by atoms with Crippen LogP contribution in [0.15, 0.2) is 103 Å². The Morgan fingerprint density at radius 2 is 1.05 bits per heavy atom. The fourth-order valence-corrected chi connectivity index (χ4v) is 4.32. The molecule has 220 valence electrons. The Balaban J connectivity index is 0.000000188. The third-order valence-corrected chi connectivity index (χ3v) is 6.61. The van der Waals surface area contributed by atoms with E-state index in [1.807, 2.05) is 99.6 Å². The Kier molecular flexibility index (Phi) is 13.1. The van der Waals surface area contributed by atoms with Gasteiger partial charge in [0.1, 0.15) is 11.5 Å². The van der Waals surface area contributed by atoms with E-state index in [0.29, 0.717) is 17.2 Å². The van der Waals surface area contributed by atoms with Crippen LogP contribution < -0.4 is 20.1 Å². The van der Waals surface area contributed by atoms with Crippen LogP contribution in [0, 0.1) is 26.7 Å². The van der Waals surface area contributed by atoms with Gasteiger partial charge in [-0.1, -0.05) is 99.2 Å². The number of amides is 2. The number of ether oxygens (including phenoxy) is 2. The highest BCUT2D eigenvalue weighted by Crippen LogP contribution is 2.22. The predicted molar refractivity (Wildman–Crippen MR) is 172 cm³/mol. The minimum atomic E-state index is -0.484. The van der Waals surface area contributed by atoms with E-state index < -0.39 is 12.2 Å². The lowest BCUT2D eigenvalue weighted by Crippen LogP contribution is -2.16. The Bertz CT molecular complexity index is 1380. The van der Waals surface area contributed by atoms with Gasteiger partial charge in [0.25, 0.3) is 0 Å². The molecule has 0 spiro atoms. The number of anilines is 2. The molecule has 1 aliphatic carbocycles. The molecule has 42 heavy (non-hydrogen) atoms. The number of carbonyl (C=O) groups excluding carboxylic acids is 2. The molecular weight excluding hydrogens is 524 g/mol. The van der Waals surface area contributed by atoms with Crippen LogP contribution in [0.25, 0.3) is 0 Å². The summed E-state index contributed by atoms with van der Waals surface area (Å²) in [6.45, 7) is 8.25. The van der Waals surface area contributed by atoms with E-state index in [-0.39, 0.29) is 0 Å². The van der Waals surface area contributed by atoms with Crippen LogP contribution in [0.5, 0.6) is 11.5 Å². The average molecular weight is 567 g/mol. The van der Waals surface area contributed by atoms with Crippen LogP contribution in [-0.2, 0) is 0 Å². The Morgan fingerprint density at radius 3 is 1.48 bits per heavy atom. The minimum absolute atomic E-state index is 0.482. The molecule has 0 aliphatic heterocycles. The van der Waals surface area contributed by atoms with Crippen LogP contribution >= 0.6 is 0 Å². The van der Waals surface area contributed by atoms with E-state index in [2.05, 4.69) is 17.6 Å². The van der Waals surface area contributed by atoms with Crippen molar-refractivity contribution in [3.63, 3.8) is 0 Å². The number of carbonyl (C=O) groups is 2. The van der Waals surface area contributed by atoms with E-state index in [1.54, 1.807) is 24.3 Å². The summed E-state index contributed by atoms with van der Waals surface area (Å²) in [4.78, 5) is 23.2. The molecule has 6 heteroatoms. The lowest BCUT2D eigenvalue weighted by molar-refractivity contribution is 0.214. The standard InChI is InChI=1S/C15H15NO2.C14H13NO2.C7H14/c1-11-6-8-13(9-7-11)16-15(17)18-14-5-3-4-12(2)10-14;1-11-6-5-9-13(10-11)17-14(16)15-12-7-3-2-4-8-12;1-7-5-3-2-4-6-7/h3-10H,1-2H3,(H,16,17);2-10H,1H3,(H,15,16);7H,2-6H2,1H3. The van der Waals surface area contributed by atoms with E-state index in [1.165, 1.54) is 32.1 Å². The van der Waals surface area contributed by atoms with E-state index >= 15 is 0 Å². The van der Waals surface area contributed by atoms with E-state index in [0.717, 1.165) is 28.3 Å². The molecule has 0 saturated heterocycles. The van der Waals surface area contributed by atoms with Gasteiger partial charge in [-0.2, -0.15) is 0 Å². The highest BCUT2D eigenvalue weighted by Gasteiger charge is 2.07. The normalized spacial score (nSPS) is 12.4. The summed E-state index contributed by atoms with van der Waals surface area (Å²) in [5.41, 5.74) is 4.68. The molecule has 0 heterocycles. The number of para-hydroxylation sites is 1. The van der Waals surface area contributed by atoms with Gasteiger partial charge in [0, 0.05) is 11.4 Å². The fourth-order valence-electron chi connectivity index (χ4n) is 4.32. The molecule has 1 saturated carbocycles. The van der Waals surface area contributed by atoms with Crippen molar-refractivity contribution in [1.82, 2.24) is 0 Å². The van der Waals surface area contributed by atoms with Crippen molar-refractivity contribution in [2.24, 2.45) is 5.92 Å². The predicted octanol–water partition coefficient (Wildman–Crippen LogP) is 10.1. The van der Waals surface area contributed by atoms with Gasteiger partial charge in [-0.05, 0) is 86.3 Å². The van der Waals surface area contributed by atoms with Gasteiger partial charge in [0.2, 0.25) is 0 Å². The summed E-state index contributed by atoms with van der Waals surface area (Å²) in [6, 6.07) is 31.5. The minimum Gasteiger partial charge on any atom is -0.410 e. The van der Waals surface area contributed by atoms with Crippen molar-refractivity contribution in [3.8, 4) is 11.5 Å². The van der Waals surface area contributed by atoms with Gasteiger partial charge in [0.15, 0.2) is 0 Å². The summed E-state index contributed by atoms with van der Waals surface area (Å²) < 4.78 is 10.3. The second kappa shape index (κ2) is 17.3. The molecule has 0 unspecified atom stereocenters. The summed E-state index contributed by atoms with van der Waals surface area (Å²) in [5.74, 6) is 2.12. The largest absolute Gasteiger partial charge is 0.417 e. The number of benzene rings is 4. The fraction of sp³-hybridized carbons (Fsp3) is 0.278. The smallest absolute Gasteiger partial charge is 0.410 e. The maximum absolute atomic E-state index is 11.6. The number of aryl methyl sites for hydroxylation is 3. The lowest BCUT2D eigenvalue weighted by atomic mass is 9.91. The summed E-state index contributed by atoms with van der Waals surface area (Å²) in [5, 5.41) is 5.32. The van der Waals surface area contributed by atoms with E-state index in [9.17, 15) is 9.59 Å². The van der Waals surface area contributed by atoms with E-state index in [4.69, 9.17) is 9.47 Å². The first-order valence-electron chi connectivity index (χ1n) is 14.5. The molecule has 0 aromatic heterocycles. The maximum Gasteiger partial charge on any atom is 0.417 e. The molecule has 2 amide bonds. The third-order valence-electron chi connectivity index (χ3n) is 6.61. The second-order valence-electron chi connectivity index (χ2n) is 10.6. The molecule has 0 atom stereocenters. The molecule has 0 bridgehead atoms. The van der Waals surface area contributed by atoms with Crippen molar-refractivity contribution in [2.45, 2.75) is 59.8 Å². The molecule has 4 aromatic rings. The first-order valence-corrected chi connectivity index (χ1v) is 14.5. The number of rotatable bonds is 4. The molecule has 0 radical (unpaired) electrons. The van der Waals surface area contributed by atoms with Crippen molar-refractivity contribution in [1.29, 1.82) is 0 Å². The van der Waals surface area contributed by atoms with Gasteiger partial charge in [-0.25, -0.2) is 9.59 Å². The van der Waals surface area contributed by atoms with Crippen LogP contribution in [0.4, 0.5) is 21.0 Å². The van der Waals surface area contributed by atoms with Gasteiger partial charge >= 0.3 is 12.2 Å². The second-order valence-corrected chi connectivity index (χ2v) is 10.6. The molecule has 6 nitrogen and oxygen atoms in total. The zero-order valence-electron chi connectivity index (χ0n) is 25.1. The average Bonchev–Trinajstić information content (AvgIpc) is 2.96. The van der Waals surface area contributed by atoms with Crippen LogP contribution in [-0.4, -0.2) is 12.2 Å². The quantitative estimate of drug-likeness (QED) is 0.258. The van der Waals surface area contributed by atoms with Crippen molar-refractivity contribution < 1.29 is 19.1 Å². The van der Waals surface area contributed by atoms with Crippen molar-refractivity contribution in [2.75, 3.05) is 10.6 Å². The Morgan fingerprint density at radius 1 is 0.571 bits per heavy atom. The van der Waals surface area contributed by atoms with Gasteiger partial charge < -0.3 is 9.47 Å². The summed E-state index contributed by atoms with van der Waals surface area (Å²) in [7, 11) is 0. The third kappa shape index (κ3) is 12.7. The van der Waals surface area contributed by atoms with Crippen LogP contribution in [0.2, 0.25) is 0 Å². The molecule has 1 aliphatic rings. The Labute approximate surface area is 250 Å². The molecular formula is C36H42N2O4. The molecule has 4 aromatic carbocycles. The van der Waals surface area contributed by atoms with Crippen LogP contribution in [0.1, 0.15) is 55.7 Å².